The second-order valence-corrected chi connectivity index (χ2v) is 17.2. The molecule has 40 heavy (non-hydrogen) atoms. The van der Waals surface area contributed by atoms with Crippen LogP contribution in [0.5, 0.6) is 0 Å². The van der Waals surface area contributed by atoms with Crippen molar-refractivity contribution in [3.63, 3.8) is 0 Å². The van der Waals surface area contributed by atoms with E-state index in [0.29, 0.717) is 49.8 Å². The lowest BCUT2D eigenvalue weighted by atomic mass is 9.90. The predicted molar refractivity (Wildman–Crippen MR) is 155 cm³/mol. The lowest BCUT2D eigenvalue weighted by molar-refractivity contribution is -0.527. The van der Waals surface area contributed by atoms with Gasteiger partial charge in [0.25, 0.3) is 0 Å². The van der Waals surface area contributed by atoms with Gasteiger partial charge < -0.3 is 14.0 Å². The van der Waals surface area contributed by atoms with Crippen LogP contribution in [-0.4, -0.2) is 63.3 Å². The number of hydrogen-bond acceptors (Lipinski definition) is 7. The summed E-state index contributed by atoms with van der Waals surface area (Å²) in [5.74, 6) is 0. The molecule has 228 valence electrons. The van der Waals surface area contributed by atoms with Crippen LogP contribution in [0.4, 0.5) is 0 Å². The molecule has 0 aromatic carbocycles. The van der Waals surface area contributed by atoms with E-state index in [9.17, 15) is 20.2 Å². The highest BCUT2D eigenvalue weighted by molar-refractivity contribution is 7.66. The number of ether oxygens (including phenoxy) is 2. The van der Waals surface area contributed by atoms with Crippen LogP contribution in [0.15, 0.2) is 0 Å². The Morgan fingerprint density at radius 3 is 1.40 bits per heavy atom. The molecule has 9 nitrogen and oxygen atoms in total. The molecule has 10 heteroatoms. The van der Waals surface area contributed by atoms with Gasteiger partial charge in [-0.05, 0) is 70.6 Å². The van der Waals surface area contributed by atoms with E-state index in [1.54, 1.807) is 0 Å². The highest BCUT2D eigenvalue weighted by Crippen LogP contribution is 2.68. The molecule has 0 amide bonds. The summed E-state index contributed by atoms with van der Waals surface area (Å²) in [6.07, 6.45) is 19.2. The van der Waals surface area contributed by atoms with Crippen LogP contribution < -0.4 is 0 Å². The van der Waals surface area contributed by atoms with Crippen molar-refractivity contribution in [3.8, 4) is 0 Å². The van der Waals surface area contributed by atoms with Crippen LogP contribution >= 0.6 is 7.14 Å². The Bertz CT molecular complexity index is 868. The summed E-state index contributed by atoms with van der Waals surface area (Å²) < 4.78 is 29.2. The summed E-state index contributed by atoms with van der Waals surface area (Å²) >= 11 is 0. The molecule has 0 aromatic heterocycles. The van der Waals surface area contributed by atoms with Gasteiger partial charge in [0.05, 0.1) is 31.6 Å². The number of nitrogens with zero attached hydrogens (tertiary/aromatic N) is 2. The Kier molecular flexibility index (Phi) is 10.6. The molecular weight excluding hydrogens is 531 g/mol. The Morgan fingerprint density at radius 1 is 0.525 bits per heavy atom. The molecule has 5 aliphatic carbocycles. The maximum absolute atomic E-state index is 15.7. The van der Waals surface area contributed by atoms with Crippen LogP contribution in [0.2, 0.25) is 0 Å². The first kappa shape index (κ1) is 30.4. The van der Waals surface area contributed by atoms with Gasteiger partial charge in [-0.15, -0.1) is 0 Å². The van der Waals surface area contributed by atoms with Gasteiger partial charge in [-0.3, -0.25) is 20.2 Å². The van der Waals surface area contributed by atoms with E-state index >= 15 is 4.57 Å². The second-order valence-electron chi connectivity index (χ2n) is 13.6. The smallest absolute Gasteiger partial charge is 0.213 e. The fraction of sp³-hybridized carbons (Fsp3) is 1.00. The predicted octanol–water partition coefficient (Wildman–Crippen LogP) is 7.51. The third-order valence-corrected chi connectivity index (χ3v) is 16.0. The molecule has 3 unspecified atom stereocenters. The molecule has 5 fully saturated rings. The Labute approximate surface area is 239 Å². The van der Waals surface area contributed by atoms with Gasteiger partial charge in [-0.2, -0.15) is 0 Å². The number of hydrogen-bond donors (Lipinski definition) is 0. The van der Waals surface area contributed by atoms with Crippen molar-refractivity contribution in [2.75, 3.05) is 0 Å². The van der Waals surface area contributed by atoms with Gasteiger partial charge in [0.2, 0.25) is 12.1 Å². The molecule has 0 heterocycles. The van der Waals surface area contributed by atoms with Crippen molar-refractivity contribution < 1.29 is 23.9 Å². The largest absolute Gasteiger partial charge is 0.375 e. The van der Waals surface area contributed by atoms with E-state index in [4.69, 9.17) is 9.47 Å². The van der Waals surface area contributed by atoms with Crippen molar-refractivity contribution in [2.24, 2.45) is 0 Å². The average molecular weight is 583 g/mol. The van der Waals surface area contributed by atoms with Crippen LogP contribution in [0, 0.1) is 20.2 Å². The van der Waals surface area contributed by atoms with Gasteiger partial charge in [0.15, 0.2) is 0 Å². The minimum atomic E-state index is -2.61. The Hall–Kier alpha value is -1.05. The Balaban J connectivity index is 1.33. The van der Waals surface area contributed by atoms with Gasteiger partial charge >= 0.3 is 0 Å². The highest BCUT2D eigenvalue weighted by Gasteiger charge is 2.52. The molecule has 5 saturated carbocycles. The van der Waals surface area contributed by atoms with Gasteiger partial charge in [-0.1, -0.05) is 38.5 Å². The van der Waals surface area contributed by atoms with E-state index < -0.39 is 19.2 Å². The van der Waals surface area contributed by atoms with Crippen molar-refractivity contribution >= 4 is 7.14 Å². The summed E-state index contributed by atoms with van der Waals surface area (Å²) in [4.78, 5) is 22.3. The fourth-order valence-electron chi connectivity index (χ4n) is 8.90. The maximum atomic E-state index is 15.7. The second kappa shape index (κ2) is 13.9. The molecule has 0 aromatic rings. The first-order chi connectivity index (χ1) is 19.3. The molecule has 0 radical (unpaired) electrons. The van der Waals surface area contributed by atoms with Crippen LogP contribution in [0.1, 0.15) is 135 Å². The van der Waals surface area contributed by atoms with E-state index in [1.807, 2.05) is 0 Å². The zero-order chi connectivity index (χ0) is 28.1. The standard InChI is InChI=1S/C30H51N2O7P/c33-31(34)22-11-15-24(16-12-22)38-26-19-20-29(39-25-17-13-23(14-18-25)32(35)36)30(21-26)40(37,27-7-3-1-4-8-27)28-9-5-2-6-10-28/h22-30H,1-21H2. The van der Waals surface area contributed by atoms with Crippen molar-refractivity contribution in [1.82, 2.24) is 0 Å². The third-order valence-electron chi connectivity index (χ3n) is 11.2. The minimum Gasteiger partial charge on any atom is -0.375 e. The molecule has 0 spiro atoms. The molecule has 5 rings (SSSR count). The minimum absolute atomic E-state index is 0.000744. The zero-order valence-corrected chi connectivity index (χ0v) is 25.1. The summed E-state index contributed by atoms with van der Waals surface area (Å²) in [7, 11) is -2.61. The molecular formula is C30H51N2O7P. The third kappa shape index (κ3) is 7.11. The molecule has 5 aliphatic rings. The van der Waals surface area contributed by atoms with Crippen LogP contribution in [0.3, 0.4) is 0 Å². The van der Waals surface area contributed by atoms with Gasteiger partial charge in [-0.25, -0.2) is 0 Å². The average Bonchev–Trinajstić information content (AvgIpc) is 2.99. The first-order valence-electron chi connectivity index (χ1n) is 16.5. The Morgan fingerprint density at radius 2 is 0.950 bits per heavy atom. The number of rotatable bonds is 9. The van der Waals surface area contributed by atoms with Crippen LogP contribution in [0.25, 0.3) is 0 Å². The van der Waals surface area contributed by atoms with E-state index in [2.05, 4.69) is 0 Å². The first-order valence-corrected chi connectivity index (χ1v) is 18.4. The molecule has 0 N–H and O–H groups in total. The normalized spacial score (nSPS) is 37.1. The monoisotopic (exact) mass is 582 g/mol. The van der Waals surface area contributed by atoms with Gasteiger partial charge in [0.1, 0.15) is 0 Å². The van der Waals surface area contributed by atoms with Gasteiger partial charge in [0, 0.05) is 52.5 Å². The van der Waals surface area contributed by atoms with E-state index in [1.165, 1.54) is 38.5 Å². The quantitative estimate of drug-likeness (QED) is 0.157. The molecule has 3 atom stereocenters. The summed E-state index contributed by atoms with van der Waals surface area (Å²) in [6.45, 7) is 0. The maximum Gasteiger partial charge on any atom is 0.213 e. The summed E-state index contributed by atoms with van der Waals surface area (Å²) in [5.41, 5.74) is 0.584. The molecule has 0 bridgehead atoms. The summed E-state index contributed by atoms with van der Waals surface area (Å²) in [6, 6.07) is -0.902. The SMILES string of the molecule is O=[N+]([O-])C1CCC(OC2CCC(OC3CCC([N+](=O)[O-])CC3)C(P(=O)(C3CCCCC3)C3CCCCC3)C2)CC1. The lowest BCUT2D eigenvalue weighted by Gasteiger charge is -2.49. The number of nitro groups is 2. The fourth-order valence-corrected chi connectivity index (χ4v) is 14.2. The van der Waals surface area contributed by atoms with Crippen molar-refractivity contribution in [2.45, 2.75) is 188 Å². The van der Waals surface area contributed by atoms with Crippen molar-refractivity contribution in [1.29, 1.82) is 0 Å². The highest BCUT2D eigenvalue weighted by atomic mass is 31.2. The van der Waals surface area contributed by atoms with Crippen LogP contribution in [-0.2, 0) is 14.0 Å². The van der Waals surface area contributed by atoms with Crippen molar-refractivity contribution in [3.05, 3.63) is 20.2 Å². The lowest BCUT2D eigenvalue weighted by Crippen LogP contribution is -2.46. The molecule has 0 aliphatic heterocycles. The zero-order valence-electron chi connectivity index (χ0n) is 24.2. The molecule has 0 saturated heterocycles. The summed E-state index contributed by atoms with van der Waals surface area (Å²) in [5, 5.41) is 22.6. The van der Waals surface area contributed by atoms with E-state index in [0.717, 1.165) is 57.8 Å². The topological polar surface area (TPSA) is 122 Å². The van der Waals surface area contributed by atoms with E-state index in [-0.39, 0.29) is 39.9 Å².